The van der Waals surface area contributed by atoms with Crippen molar-refractivity contribution in [1.82, 2.24) is 14.3 Å². The predicted molar refractivity (Wildman–Crippen MR) is 87.3 cm³/mol. The van der Waals surface area contributed by atoms with Gasteiger partial charge in [0.25, 0.3) is 5.91 Å². The van der Waals surface area contributed by atoms with Crippen molar-refractivity contribution < 1.29 is 13.2 Å². The van der Waals surface area contributed by atoms with Crippen molar-refractivity contribution in [3.8, 4) is 0 Å². The van der Waals surface area contributed by atoms with Gasteiger partial charge in [-0.25, -0.2) is 22.7 Å². The standard InChI is InChI=1S/C13H12Cl2N4O3S/c1-19(2)23(21,22)9-5-3-8(4-6-9)16-12(20)10-7-11(14)18-13(15)17-10/h3-7H,1-2H3,(H,16,20). The summed E-state index contributed by atoms with van der Waals surface area (Å²) in [7, 11) is -0.644. The zero-order chi connectivity index (χ0) is 17.2. The summed E-state index contributed by atoms with van der Waals surface area (Å²) in [5.74, 6) is -0.542. The molecule has 0 atom stereocenters. The van der Waals surface area contributed by atoms with E-state index in [4.69, 9.17) is 23.2 Å². The smallest absolute Gasteiger partial charge is 0.274 e. The molecule has 1 heterocycles. The van der Waals surface area contributed by atoms with Crippen LogP contribution in [0.2, 0.25) is 10.4 Å². The normalized spacial score (nSPS) is 11.5. The topological polar surface area (TPSA) is 92.3 Å². The zero-order valence-electron chi connectivity index (χ0n) is 12.1. The minimum atomic E-state index is -3.52. The second-order valence-electron chi connectivity index (χ2n) is 4.61. The maximum Gasteiger partial charge on any atom is 0.274 e. The Morgan fingerprint density at radius 1 is 1.13 bits per heavy atom. The number of carbonyl (C=O) groups excluding carboxylic acids is 1. The highest BCUT2D eigenvalue weighted by Crippen LogP contribution is 2.18. The molecule has 0 fully saturated rings. The number of amides is 1. The number of hydrogen-bond donors (Lipinski definition) is 1. The average Bonchev–Trinajstić information content (AvgIpc) is 2.46. The lowest BCUT2D eigenvalue weighted by molar-refractivity contribution is 0.102. The van der Waals surface area contributed by atoms with Gasteiger partial charge in [0.05, 0.1) is 4.90 Å². The first-order valence-corrected chi connectivity index (χ1v) is 8.44. The van der Waals surface area contributed by atoms with Crippen LogP contribution in [-0.2, 0) is 10.0 Å². The van der Waals surface area contributed by atoms with Crippen LogP contribution >= 0.6 is 23.2 Å². The van der Waals surface area contributed by atoms with Crippen LogP contribution in [0.25, 0.3) is 0 Å². The maximum atomic E-state index is 12.1. The summed E-state index contributed by atoms with van der Waals surface area (Å²) in [6.45, 7) is 0. The van der Waals surface area contributed by atoms with Crippen molar-refractivity contribution in [2.75, 3.05) is 19.4 Å². The lowest BCUT2D eigenvalue weighted by atomic mass is 10.3. The largest absolute Gasteiger partial charge is 0.321 e. The molecular formula is C13H12Cl2N4O3S. The summed E-state index contributed by atoms with van der Waals surface area (Å²) in [4.78, 5) is 19.6. The molecule has 122 valence electrons. The molecule has 2 aromatic rings. The van der Waals surface area contributed by atoms with E-state index in [0.29, 0.717) is 5.69 Å². The summed E-state index contributed by atoms with van der Waals surface area (Å²) in [5, 5.41) is 2.47. The van der Waals surface area contributed by atoms with E-state index < -0.39 is 15.9 Å². The lowest BCUT2D eigenvalue weighted by Crippen LogP contribution is -2.22. The third-order valence-corrected chi connectivity index (χ3v) is 4.98. The summed E-state index contributed by atoms with van der Waals surface area (Å²) >= 11 is 11.4. The predicted octanol–water partition coefficient (Wildman–Crippen LogP) is 2.29. The first kappa shape index (κ1) is 17.6. The van der Waals surface area contributed by atoms with E-state index in [9.17, 15) is 13.2 Å². The summed E-state index contributed by atoms with van der Waals surface area (Å²) in [6.07, 6.45) is 0. The third kappa shape index (κ3) is 4.17. The molecule has 1 N–H and O–H groups in total. The number of nitrogens with one attached hydrogen (secondary N) is 1. The van der Waals surface area contributed by atoms with Crippen LogP contribution in [0.15, 0.2) is 35.2 Å². The molecule has 7 nitrogen and oxygen atoms in total. The number of anilines is 1. The van der Waals surface area contributed by atoms with Gasteiger partial charge in [-0.05, 0) is 35.9 Å². The molecule has 0 radical (unpaired) electrons. The van der Waals surface area contributed by atoms with Crippen LogP contribution < -0.4 is 5.32 Å². The van der Waals surface area contributed by atoms with Crippen LogP contribution in [-0.4, -0.2) is 42.7 Å². The Kier molecular flexibility index (Phi) is 5.20. The highest BCUT2D eigenvalue weighted by Gasteiger charge is 2.17. The van der Waals surface area contributed by atoms with Crippen molar-refractivity contribution in [2.45, 2.75) is 4.90 Å². The fourth-order valence-electron chi connectivity index (χ4n) is 1.62. The van der Waals surface area contributed by atoms with Crippen LogP contribution in [0, 0.1) is 0 Å². The van der Waals surface area contributed by atoms with Crippen molar-refractivity contribution >= 4 is 44.8 Å². The molecule has 0 unspecified atom stereocenters. The van der Waals surface area contributed by atoms with Gasteiger partial charge in [0.2, 0.25) is 15.3 Å². The van der Waals surface area contributed by atoms with Crippen molar-refractivity contribution in [3.63, 3.8) is 0 Å². The quantitative estimate of drug-likeness (QED) is 0.654. The Hall–Kier alpha value is -1.74. The Labute approximate surface area is 143 Å². The highest BCUT2D eigenvalue weighted by molar-refractivity contribution is 7.89. The van der Waals surface area contributed by atoms with Gasteiger partial charge < -0.3 is 5.32 Å². The van der Waals surface area contributed by atoms with Crippen molar-refractivity contribution in [1.29, 1.82) is 0 Å². The Bertz CT molecular complexity index is 819. The van der Waals surface area contributed by atoms with E-state index in [1.807, 2.05) is 0 Å². The molecule has 0 aliphatic carbocycles. The number of carbonyl (C=O) groups is 1. The average molecular weight is 375 g/mol. The molecule has 1 amide bonds. The fraction of sp³-hybridized carbons (Fsp3) is 0.154. The SMILES string of the molecule is CN(C)S(=O)(=O)c1ccc(NC(=O)c2cc(Cl)nc(Cl)n2)cc1. The highest BCUT2D eigenvalue weighted by atomic mass is 35.5. The van der Waals surface area contributed by atoms with Gasteiger partial charge in [0, 0.05) is 25.8 Å². The van der Waals surface area contributed by atoms with E-state index in [1.165, 1.54) is 44.4 Å². The van der Waals surface area contributed by atoms with Crippen molar-refractivity contribution in [2.24, 2.45) is 0 Å². The zero-order valence-corrected chi connectivity index (χ0v) is 14.4. The molecule has 2 rings (SSSR count). The minimum absolute atomic E-state index is 0.00000965. The number of halogens is 2. The Morgan fingerprint density at radius 2 is 1.74 bits per heavy atom. The van der Waals surface area contributed by atoms with Gasteiger partial charge in [0.1, 0.15) is 10.8 Å². The van der Waals surface area contributed by atoms with Gasteiger partial charge in [-0.3, -0.25) is 4.79 Å². The minimum Gasteiger partial charge on any atom is -0.321 e. The monoisotopic (exact) mass is 374 g/mol. The maximum absolute atomic E-state index is 12.1. The molecule has 1 aromatic heterocycles. The van der Waals surface area contributed by atoms with Crippen LogP contribution in [0.4, 0.5) is 5.69 Å². The summed E-state index contributed by atoms with van der Waals surface area (Å²) < 4.78 is 25.0. The van der Waals surface area contributed by atoms with Crippen molar-refractivity contribution in [3.05, 3.63) is 46.5 Å². The molecule has 0 spiro atoms. The van der Waals surface area contributed by atoms with Gasteiger partial charge in [-0.2, -0.15) is 0 Å². The summed E-state index contributed by atoms with van der Waals surface area (Å²) in [6, 6.07) is 7.00. The molecule has 1 aromatic carbocycles. The van der Waals surface area contributed by atoms with E-state index >= 15 is 0 Å². The second-order valence-corrected chi connectivity index (χ2v) is 7.49. The van der Waals surface area contributed by atoms with Crippen LogP contribution in [0.3, 0.4) is 0 Å². The number of hydrogen-bond acceptors (Lipinski definition) is 5. The molecule has 0 saturated carbocycles. The van der Waals surface area contributed by atoms with Gasteiger partial charge in [0.15, 0.2) is 0 Å². The molecule has 0 bridgehead atoms. The van der Waals surface area contributed by atoms with Gasteiger partial charge >= 0.3 is 0 Å². The van der Waals surface area contributed by atoms with Crippen LogP contribution in [0.1, 0.15) is 10.5 Å². The number of nitrogens with zero attached hydrogens (tertiary/aromatic N) is 3. The van der Waals surface area contributed by atoms with E-state index in [2.05, 4.69) is 15.3 Å². The third-order valence-electron chi connectivity index (χ3n) is 2.79. The molecule has 23 heavy (non-hydrogen) atoms. The fourth-order valence-corrected chi connectivity index (χ4v) is 2.93. The molecule has 0 saturated heterocycles. The molecule has 10 heteroatoms. The second kappa shape index (κ2) is 6.79. The van der Waals surface area contributed by atoms with Gasteiger partial charge in [-0.1, -0.05) is 11.6 Å². The Balaban J connectivity index is 2.19. The number of rotatable bonds is 4. The summed E-state index contributed by atoms with van der Waals surface area (Å²) in [5.41, 5.74) is 0.401. The first-order valence-electron chi connectivity index (χ1n) is 6.24. The van der Waals surface area contributed by atoms with E-state index in [-0.39, 0.29) is 21.0 Å². The molecular weight excluding hydrogens is 363 g/mol. The number of sulfonamides is 1. The van der Waals surface area contributed by atoms with E-state index in [0.717, 1.165) is 4.31 Å². The number of aromatic nitrogens is 2. The first-order chi connectivity index (χ1) is 10.7. The Morgan fingerprint density at radius 3 is 2.26 bits per heavy atom. The lowest BCUT2D eigenvalue weighted by Gasteiger charge is -2.12. The number of benzene rings is 1. The van der Waals surface area contributed by atoms with Crippen LogP contribution in [0.5, 0.6) is 0 Å². The van der Waals surface area contributed by atoms with Gasteiger partial charge in [-0.15, -0.1) is 0 Å². The molecule has 0 aliphatic heterocycles. The van der Waals surface area contributed by atoms with E-state index in [1.54, 1.807) is 0 Å². The molecule has 0 aliphatic rings.